The van der Waals surface area contributed by atoms with Gasteiger partial charge in [0.15, 0.2) is 0 Å². The van der Waals surface area contributed by atoms with Gasteiger partial charge >= 0.3 is 5.97 Å². The lowest BCUT2D eigenvalue weighted by molar-refractivity contribution is -0.145. The minimum absolute atomic E-state index is 0.0270. The summed E-state index contributed by atoms with van der Waals surface area (Å²) in [5, 5.41) is 3.27. The molecule has 1 aliphatic rings. The molecule has 2 atom stereocenters. The van der Waals surface area contributed by atoms with Crippen molar-refractivity contribution in [3.63, 3.8) is 0 Å². The third-order valence-corrected chi connectivity index (χ3v) is 2.88. The van der Waals surface area contributed by atoms with E-state index in [4.69, 9.17) is 4.74 Å². The molecule has 0 unspecified atom stereocenters. The third-order valence-electron chi connectivity index (χ3n) is 2.88. The molecule has 86 valence electrons. The van der Waals surface area contributed by atoms with Gasteiger partial charge in [-0.25, -0.2) is 4.98 Å². The smallest absolute Gasteiger partial charge is 0.308 e. The maximum absolute atomic E-state index is 11.3. The van der Waals surface area contributed by atoms with Crippen molar-refractivity contribution in [1.29, 1.82) is 0 Å². The molecular weight excluding hydrogens is 206 g/mol. The predicted octanol–water partition coefficient (Wildman–Crippen LogP) is 1.23. The molecule has 0 radical (unpaired) electrons. The van der Waals surface area contributed by atoms with Crippen LogP contribution in [0, 0.1) is 5.92 Å². The largest absolute Gasteiger partial charge is 0.469 e. The molecule has 5 nitrogen and oxygen atoms in total. The normalized spacial score (nSPS) is 24.1. The molecule has 0 aliphatic heterocycles. The number of carbonyl (C=O) groups is 1. The van der Waals surface area contributed by atoms with Crippen LogP contribution in [0.5, 0.6) is 0 Å². The molecule has 16 heavy (non-hydrogen) atoms. The minimum Gasteiger partial charge on any atom is -0.469 e. The van der Waals surface area contributed by atoms with Crippen LogP contribution in [-0.4, -0.2) is 29.1 Å². The van der Waals surface area contributed by atoms with Gasteiger partial charge in [-0.2, -0.15) is 0 Å². The van der Waals surface area contributed by atoms with Crippen molar-refractivity contribution in [3.8, 4) is 0 Å². The third kappa shape index (κ3) is 2.48. The average Bonchev–Trinajstić information content (AvgIpc) is 2.78. The fourth-order valence-corrected chi connectivity index (χ4v) is 2.08. The molecule has 1 aliphatic carbocycles. The summed E-state index contributed by atoms with van der Waals surface area (Å²) in [4.78, 5) is 19.5. The number of esters is 1. The molecule has 0 saturated heterocycles. The summed E-state index contributed by atoms with van der Waals surface area (Å²) in [5.41, 5.74) is 0. The van der Waals surface area contributed by atoms with Crippen molar-refractivity contribution >= 4 is 11.8 Å². The van der Waals surface area contributed by atoms with Crippen LogP contribution in [0.4, 0.5) is 5.82 Å². The van der Waals surface area contributed by atoms with Crippen molar-refractivity contribution in [2.24, 2.45) is 5.92 Å². The average molecular weight is 221 g/mol. The molecule has 1 aromatic rings. The van der Waals surface area contributed by atoms with E-state index in [1.165, 1.54) is 7.11 Å². The van der Waals surface area contributed by atoms with Crippen molar-refractivity contribution in [1.82, 2.24) is 9.97 Å². The van der Waals surface area contributed by atoms with Gasteiger partial charge in [0.1, 0.15) is 5.82 Å². The van der Waals surface area contributed by atoms with Gasteiger partial charge in [-0.1, -0.05) is 0 Å². The summed E-state index contributed by atoms with van der Waals surface area (Å²) in [5.74, 6) is 0.681. The van der Waals surface area contributed by atoms with E-state index in [0.717, 1.165) is 25.1 Å². The monoisotopic (exact) mass is 221 g/mol. The van der Waals surface area contributed by atoms with Crippen molar-refractivity contribution < 1.29 is 9.53 Å². The van der Waals surface area contributed by atoms with Crippen LogP contribution in [-0.2, 0) is 9.53 Å². The highest BCUT2D eigenvalue weighted by molar-refractivity contribution is 5.72. The second kappa shape index (κ2) is 4.92. The molecular formula is C11H15N3O2. The van der Waals surface area contributed by atoms with Crippen LogP contribution in [0.3, 0.4) is 0 Å². The molecule has 0 amide bonds. The maximum Gasteiger partial charge on any atom is 0.308 e. The number of nitrogens with zero attached hydrogens (tertiary/aromatic N) is 2. The van der Waals surface area contributed by atoms with Gasteiger partial charge in [-0.15, -0.1) is 0 Å². The molecule has 0 aromatic carbocycles. The molecule has 1 N–H and O–H groups in total. The zero-order chi connectivity index (χ0) is 11.4. The zero-order valence-electron chi connectivity index (χ0n) is 9.22. The van der Waals surface area contributed by atoms with E-state index in [-0.39, 0.29) is 11.9 Å². The Labute approximate surface area is 94.2 Å². The van der Waals surface area contributed by atoms with Gasteiger partial charge in [0.05, 0.1) is 19.2 Å². The summed E-state index contributed by atoms with van der Waals surface area (Å²) in [6.07, 6.45) is 7.63. The van der Waals surface area contributed by atoms with E-state index in [9.17, 15) is 4.79 Å². The van der Waals surface area contributed by atoms with Crippen LogP contribution in [0.1, 0.15) is 19.3 Å². The molecule has 5 heteroatoms. The highest BCUT2D eigenvalue weighted by atomic mass is 16.5. The van der Waals surface area contributed by atoms with Crippen LogP contribution in [0.15, 0.2) is 18.6 Å². The lowest BCUT2D eigenvalue weighted by atomic mass is 10.1. The lowest BCUT2D eigenvalue weighted by Gasteiger charge is -2.12. The summed E-state index contributed by atoms with van der Waals surface area (Å²) < 4.78 is 4.74. The van der Waals surface area contributed by atoms with Gasteiger partial charge < -0.3 is 10.1 Å². The Balaban J connectivity index is 1.88. The quantitative estimate of drug-likeness (QED) is 0.778. The Morgan fingerprint density at radius 2 is 2.38 bits per heavy atom. The molecule has 2 rings (SSSR count). The number of methoxy groups -OCH3 is 1. The first-order valence-electron chi connectivity index (χ1n) is 5.40. The number of rotatable bonds is 3. The minimum atomic E-state index is -0.108. The van der Waals surface area contributed by atoms with Gasteiger partial charge in [0.2, 0.25) is 0 Å². The Morgan fingerprint density at radius 1 is 1.50 bits per heavy atom. The molecule has 1 saturated carbocycles. The summed E-state index contributed by atoms with van der Waals surface area (Å²) in [7, 11) is 1.44. The lowest BCUT2D eigenvalue weighted by Crippen LogP contribution is -2.19. The highest BCUT2D eigenvalue weighted by Crippen LogP contribution is 2.28. The summed E-state index contributed by atoms with van der Waals surface area (Å²) in [6.45, 7) is 0. The second-order valence-corrected chi connectivity index (χ2v) is 3.97. The Hall–Kier alpha value is -1.65. The van der Waals surface area contributed by atoms with Gasteiger partial charge in [-0.3, -0.25) is 9.78 Å². The highest BCUT2D eigenvalue weighted by Gasteiger charge is 2.30. The first-order valence-corrected chi connectivity index (χ1v) is 5.40. The van der Waals surface area contributed by atoms with Crippen LogP contribution in [0.25, 0.3) is 0 Å². The van der Waals surface area contributed by atoms with Gasteiger partial charge in [0.25, 0.3) is 0 Å². The SMILES string of the molecule is COC(=O)[C@@H]1CC[C@H](Nc2cnccn2)C1. The van der Waals surface area contributed by atoms with Gasteiger partial charge in [0, 0.05) is 18.4 Å². The van der Waals surface area contributed by atoms with Crippen molar-refractivity contribution in [2.75, 3.05) is 12.4 Å². The van der Waals surface area contributed by atoms with E-state index in [0.29, 0.717) is 6.04 Å². The number of anilines is 1. The first kappa shape index (κ1) is 10.9. The van der Waals surface area contributed by atoms with E-state index in [2.05, 4.69) is 15.3 Å². The Morgan fingerprint density at radius 3 is 3.06 bits per heavy atom. The Kier molecular flexibility index (Phi) is 3.34. The number of hydrogen-bond donors (Lipinski definition) is 1. The van der Waals surface area contributed by atoms with Crippen LogP contribution >= 0.6 is 0 Å². The van der Waals surface area contributed by atoms with E-state index >= 15 is 0 Å². The van der Waals surface area contributed by atoms with E-state index in [1.807, 2.05) is 0 Å². The topological polar surface area (TPSA) is 64.1 Å². The molecule has 0 spiro atoms. The number of carbonyl (C=O) groups excluding carboxylic acids is 1. The standard InChI is InChI=1S/C11H15N3O2/c1-16-11(15)8-2-3-9(6-8)14-10-7-12-4-5-13-10/h4-5,7-9H,2-3,6H2,1H3,(H,13,14)/t8-,9+/m1/s1. The summed E-state index contributed by atoms with van der Waals surface area (Å²) in [6, 6.07) is 0.292. The fourth-order valence-electron chi connectivity index (χ4n) is 2.08. The van der Waals surface area contributed by atoms with E-state index in [1.54, 1.807) is 18.6 Å². The first-order chi connectivity index (χ1) is 7.79. The molecule has 1 fully saturated rings. The summed E-state index contributed by atoms with van der Waals surface area (Å²) >= 11 is 0. The van der Waals surface area contributed by atoms with Crippen molar-refractivity contribution in [3.05, 3.63) is 18.6 Å². The predicted molar refractivity (Wildman–Crippen MR) is 58.8 cm³/mol. The van der Waals surface area contributed by atoms with E-state index < -0.39 is 0 Å². The van der Waals surface area contributed by atoms with Crippen LogP contribution in [0.2, 0.25) is 0 Å². The van der Waals surface area contributed by atoms with Gasteiger partial charge in [-0.05, 0) is 19.3 Å². The number of nitrogens with one attached hydrogen (secondary N) is 1. The maximum atomic E-state index is 11.3. The number of ether oxygens (including phenoxy) is 1. The molecule has 0 bridgehead atoms. The van der Waals surface area contributed by atoms with Crippen LogP contribution < -0.4 is 5.32 Å². The molecule has 1 heterocycles. The Bertz CT molecular complexity index is 356. The fraction of sp³-hybridized carbons (Fsp3) is 0.545. The second-order valence-electron chi connectivity index (χ2n) is 3.97. The number of aromatic nitrogens is 2. The van der Waals surface area contributed by atoms with Crippen molar-refractivity contribution in [2.45, 2.75) is 25.3 Å². The number of hydrogen-bond acceptors (Lipinski definition) is 5. The molecule has 1 aromatic heterocycles. The zero-order valence-corrected chi connectivity index (χ0v) is 9.22.